The van der Waals surface area contributed by atoms with Crippen LogP contribution in [0.4, 0.5) is 0 Å². The zero-order valence-corrected chi connectivity index (χ0v) is 10.5. The van der Waals surface area contributed by atoms with Gasteiger partial charge < -0.3 is 5.32 Å². The van der Waals surface area contributed by atoms with Crippen LogP contribution in [0.2, 0.25) is 0 Å². The van der Waals surface area contributed by atoms with Crippen molar-refractivity contribution in [1.29, 1.82) is 0 Å². The van der Waals surface area contributed by atoms with Gasteiger partial charge in [0, 0.05) is 11.9 Å². The highest BCUT2D eigenvalue weighted by Crippen LogP contribution is 2.07. The first kappa shape index (κ1) is 13.6. The second-order valence-electron chi connectivity index (χ2n) is 3.63. The predicted octanol–water partition coefficient (Wildman–Crippen LogP) is 2.98. The van der Waals surface area contributed by atoms with E-state index in [-0.39, 0.29) is 0 Å². The zero-order chi connectivity index (χ0) is 10.1. The van der Waals surface area contributed by atoms with E-state index in [2.05, 4.69) is 25.4 Å². The summed E-state index contributed by atoms with van der Waals surface area (Å²) in [6.45, 7) is 5.62. The fourth-order valence-corrected chi connectivity index (χ4v) is 1.96. The molecule has 0 spiro atoms. The third kappa shape index (κ3) is 7.65. The van der Waals surface area contributed by atoms with E-state index in [9.17, 15) is 0 Å². The summed E-state index contributed by atoms with van der Waals surface area (Å²) >= 11 is 7.65. The van der Waals surface area contributed by atoms with Crippen molar-refractivity contribution in [1.82, 2.24) is 5.32 Å². The molecule has 0 heterocycles. The van der Waals surface area contributed by atoms with E-state index in [0.717, 1.165) is 18.8 Å². The van der Waals surface area contributed by atoms with Crippen molar-refractivity contribution in [2.75, 3.05) is 24.4 Å². The summed E-state index contributed by atoms with van der Waals surface area (Å²) in [4.78, 5) is 0. The van der Waals surface area contributed by atoms with Gasteiger partial charge in [0.2, 0.25) is 0 Å². The fraction of sp³-hybridized carbons (Fsp3) is 1.00. The lowest BCUT2D eigenvalue weighted by Gasteiger charge is -2.21. The second-order valence-corrected chi connectivity index (χ2v) is 4.99. The van der Waals surface area contributed by atoms with Gasteiger partial charge >= 0.3 is 0 Å². The standard InChI is InChI=1S/C10H22ClNS/c1-9(2)10(5-6-11)12-7-4-8-13-3/h9-10,12H,4-8H2,1-3H3. The minimum absolute atomic E-state index is 0.597. The molecule has 0 aromatic heterocycles. The molecule has 1 atom stereocenters. The van der Waals surface area contributed by atoms with E-state index in [0.29, 0.717) is 12.0 Å². The minimum Gasteiger partial charge on any atom is -0.314 e. The zero-order valence-electron chi connectivity index (χ0n) is 8.98. The second kappa shape index (κ2) is 9.17. The van der Waals surface area contributed by atoms with Crippen LogP contribution in [-0.4, -0.2) is 30.5 Å². The van der Waals surface area contributed by atoms with Gasteiger partial charge in [0.1, 0.15) is 0 Å². The Kier molecular flexibility index (Phi) is 9.59. The number of hydrogen-bond donors (Lipinski definition) is 1. The maximum atomic E-state index is 5.74. The van der Waals surface area contributed by atoms with Crippen molar-refractivity contribution in [3.63, 3.8) is 0 Å². The third-order valence-corrected chi connectivity index (χ3v) is 3.07. The molecular formula is C10H22ClNS. The average Bonchev–Trinajstić information content (AvgIpc) is 2.10. The molecule has 0 aliphatic rings. The van der Waals surface area contributed by atoms with E-state index in [1.165, 1.54) is 12.2 Å². The van der Waals surface area contributed by atoms with Gasteiger partial charge in [-0.15, -0.1) is 11.6 Å². The van der Waals surface area contributed by atoms with Crippen LogP contribution in [-0.2, 0) is 0 Å². The minimum atomic E-state index is 0.597. The summed E-state index contributed by atoms with van der Waals surface area (Å²) in [6.07, 6.45) is 4.49. The van der Waals surface area contributed by atoms with Crippen molar-refractivity contribution in [2.45, 2.75) is 32.7 Å². The molecule has 0 aliphatic heterocycles. The normalized spacial score (nSPS) is 13.6. The lowest BCUT2D eigenvalue weighted by molar-refractivity contribution is 0.392. The molecule has 0 aliphatic carbocycles. The molecular weight excluding hydrogens is 202 g/mol. The van der Waals surface area contributed by atoms with Crippen molar-refractivity contribution in [2.24, 2.45) is 5.92 Å². The molecule has 1 unspecified atom stereocenters. The van der Waals surface area contributed by atoms with E-state index >= 15 is 0 Å². The topological polar surface area (TPSA) is 12.0 Å². The highest BCUT2D eigenvalue weighted by Gasteiger charge is 2.10. The van der Waals surface area contributed by atoms with Crippen molar-refractivity contribution in [3.8, 4) is 0 Å². The van der Waals surface area contributed by atoms with Crippen LogP contribution in [0, 0.1) is 5.92 Å². The number of alkyl halides is 1. The molecule has 0 bridgehead atoms. The van der Waals surface area contributed by atoms with Crippen LogP contribution in [0.5, 0.6) is 0 Å². The Balaban J connectivity index is 3.45. The monoisotopic (exact) mass is 223 g/mol. The van der Waals surface area contributed by atoms with Gasteiger partial charge in [-0.05, 0) is 37.3 Å². The molecule has 0 aromatic carbocycles. The Bertz CT molecular complexity index is 109. The Morgan fingerprint density at radius 2 is 2.08 bits per heavy atom. The highest BCUT2D eigenvalue weighted by molar-refractivity contribution is 7.98. The number of rotatable bonds is 8. The molecule has 80 valence electrons. The van der Waals surface area contributed by atoms with Crippen LogP contribution in [0.3, 0.4) is 0 Å². The Morgan fingerprint density at radius 3 is 2.54 bits per heavy atom. The molecule has 0 amide bonds. The molecule has 0 radical (unpaired) electrons. The average molecular weight is 224 g/mol. The van der Waals surface area contributed by atoms with Crippen LogP contribution in [0.25, 0.3) is 0 Å². The summed E-state index contributed by atoms with van der Waals surface area (Å²) < 4.78 is 0. The Hall–Kier alpha value is 0.600. The molecule has 0 saturated carbocycles. The first-order valence-electron chi connectivity index (χ1n) is 5.00. The summed E-state index contributed by atoms with van der Waals surface area (Å²) in [5.74, 6) is 2.70. The maximum absolute atomic E-state index is 5.74. The van der Waals surface area contributed by atoms with Crippen molar-refractivity contribution < 1.29 is 0 Å². The van der Waals surface area contributed by atoms with Crippen molar-refractivity contribution >= 4 is 23.4 Å². The van der Waals surface area contributed by atoms with E-state index in [1.807, 2.05) is 11.8 Å². The molecule has 0 rings (SSSR count). The SMILES string of the molecule is CSCCCNC(CCCl)C(C)C. The summed E-state index contributed by atoms with van der Waals surface area (Å²) in [7, 11) is 0. The van der Waals surface area contributed by atoms with E-state index in [4.69, 9.17) is 11.6 Å². The van der Waals surface area contributed by atoms with E-state index < -0.39 is 0 Å². The smallest absolute Gasteiger partial charge is 0.0238 e. The first-order chi connectivity index (χ1) is 6.22. The van der Waals surface area contributed by atoms with Gasteiger partial charge in [-0.2, -0.15) is 11.8 Å². The molecule has 3 heteroatoms. The first-order valence-corrected chi connectivity index (χ1v) is 6.93. The molecule has 1 nitrogen and oxygen atoms in total. The number of halogens is 1. The van der Waals surface area contributed by atoms with Crippen LogP contribution >= 0.6 is 23.4 Å². The number of hydrogen-bond acceptors (Lipinski definition) is 2. The number of thioether (sulfide) groups is 1. The summed E-state index contributed by atoms with van der Waals surface area (Å²) in [5.41, 5.74) is 0. The number of nitrogens with one attached hydrogen (secondary N) is 1. The summed E-state index contributed by atoms with van der Waals surface area (Å²) in [5, 5.41) is 3.56. The molecule has 0 aromatic rings. The maximum Gasteiger partial charge on any atom is 0.0238 e. The van der Waals surface area contributed by atoms with Gasteiger partial charge in [-0.25, -0.2) is 0 Å². The van der Waals surface area contributed by atoms with Gasteiger partial charge in [0.25, 0.3) is 0 Å². The lowest BCUT2D eigenvalue weighted by Crippen LogP contribution is -2.35. The summed E-state index contributed by atoms with van der Waals surface area (Å²) in [6, 6.07) is 0.597. The Morgan fingerprint density at radius 1 is 1.38 bits per heavy atom. The fourth-order valence-electron chi connectivity index (χ4n) is 1.29. The Labute approximate surface area is 92.0 Å². The predicted molar refractivity (Wildman–Crippen MR) is 65.0 cm³/mol. The van der Waals surface area contributed by atoms with Crippen LogP contribution < -0.4 is 5.32 Å². The molecule has 0 fully saturated rings. The van der Waals surface area contributed by atoms with Gasteiger partial charge in [0.05, 0.1) is 0 Å². The van der Waals surface area contributed by atoms with Crippen LogP contribution in [0.1, 0.15) is 26.7 Å². The highest BCUT2D eigenvalue weighted by atomic mass is 35.5. The lowest BCUT2D eigenvalue weighted by atomic mass is 10.0. The van der Waals surface area contributed by atoms with Gasteiger partial charge in [-0.1, -0.05) is 13.8 Å². The van der Waals surface area contributed by atoms with Crippen molar-refractivity contribution in [3.05, 3.63) is 0 Å². The molecule has 0 saturated heterocycles. The molecule has 13 heavy (non-hydrogen) atoms. The van der Waals surface area contributed by atoms with Crippen LogP contribution in [0.15, 0.2) is 0 Å². The third-order valence-electron chi connectivity index (χ3n) is 2.16. The van der Waals surface area contributed by atoms with Gasteiger partial charge in [-0.3, -0.25) is 0 Å². The largest absolute Gasteiger partial charge is 0.314 e. The van der Waals surface area contributed by atoms with Gasteiger partial charge in [0.15, 0.2) is 0 Å². The molecule has 1 N–H and O–H groups in total. The quantitative estimate of drug-likeness (QED) is 0.502. The van der Waals surface area contributed by atoms with E-state index in [1.54, 1.807) is 0 Å².